The Morgan fingerprint density at radius 1 is 1.70 bits per heavy atom. The monoisotopic (exact) mass is 140 g/mol. The highest BCUT2D eigenvalue weighted by molar-refractivity contribution is 5.33. The van der Waals surface area contributed by atoms with Crippen LogP contribution in [0.5, 0.6) is 0 Å². The Hall–Kier alpha value is -1.32. The van der Waals surface area contributed by atoms with Gasteiger partial charge in [-0.05, 0) is 6.92 Å². The van der Waals surface area contributed by atoms with Gasteiger partial charge >= 0.3 is 5.69 Å². The van der Waals surface area contributed by atoms with Gasteiger partial charge in [0.25, 0.3) is 0 Å². The standard InChI is InChI=1S/C6H9N3O/c1-4-3-9(2)6(10)8-5(4)7/h3H,1-2H3,(H2,7,8,10)/p+1. The van der Waals surface area contributed by atoms with Crippen LogP contribution in [-0.2, 0) is 7.05 Å². The van der Waals surface area contributed by atoms with Crippen molar-refractivity contribution in [2.45, 2.75) is 6.92 Å². The second-order valence-electron chi connectivity index (χ2n) is 2.27. The predicted molar refractivity (Wildman–Crippen MR) is 37.4 cm³/mol. The number of nitrogens with two attached hydrogens (primary N) is 1. The van der Waals surface area contributed by atoms with Crippen molar-refractivity contribution in [2.24, 2.45) is 7.05 Å². The van der Waals surface area contributed by atoms with Crippen molar-refractivity contribution in [3.63, 3.8) is 0 Å². The summed E-state index contributed by atoms with van der Waals surface area (Å²) >= 11 is 0. The number of nitrogens with zero attached hydrogens (tertiary/aromatic N) is 1. The maximum absolute atomic E-state index is 10.8. The van der Waals surface area contributed by atoms with Gasteiger partial charge in [-0.1, -0.05) is 0 Å². The van der Waals surface area contributed by atoms with E-state index in [0.29, 0.717) is 5.82 Å². The maximum Gasteiger partial charge on any atom is 0.497 e. The molecule has 4 heteroatoms. The van der Waals surface area contributed by atoms with E-state index in [1.807, 2.05) is 6.92 Å². The number of H-pyrrole nitrogens is 1. The molecule has 3 N–H and O–H groups in total. The van der Waals surface area contributed by atoms with Crippen molar-refractivity contribution >= 4 is 5.82 Å². The van der Waals surface area contributed by atoms with Crippen molar-refractivity contribution in [1.82, 2.24) is 4.98 Å². The Labute approximate surface area is 58.3 Å². The summed E-state index contributed by atoms with van der Waals surface area (Å²) in [6.45, 7) is 1.84. The molecule has 1 aromatic heterocycles. The maximum atomic E-state index is 10.8. The van der Waals surface area contributed by atoms with Crippen LogP contribution in [0.15, 0.2) is 11.0 Å². The molecule has 0 aliphatic rings. The average Bonchev–Trinajstić information content (AvgIpc) is 1.84. The summed E-state index contributed by atoms with van der Waals surface area (Å²) in [7, 11) is 1.67. The molecule has 0 aliphatic heterocycles. The molecule has 0 aromatic carbocycles. The SMILES string of the molecule is Cc1c[n+](C)c(=O)[nH]c1N. The third-order valence-electron chi connectivity index (χ3n) is 1.37. The minimum atomic E-state index is -0.192. The van der Waals surface area contributed by atoms with E-state index >= 15 is 0 Å². The van der Waals surface area contributed by atoms with E-state index in [2.05, 4.69) is 4.98 Å². The smallest absolute Gasteiger partial charge is 0.366 e. The normalized spacial score (nSPS) is 9.80. The molecule has 0 spiro atoms. The zero-order valence-electron chi connectivity index (χ0n) is 6.01. The molecular formula is C6H10N3O+. The van der Waals surface area contributed by atoms with E-state index in [1.54, 1.807) is 13.2 Å². The fraction of sp³-hybridized carbons (Fsp3) is 0.333. The van der Waals surface area contributed by atoms with Gasteiger partial charge in [-0.25, -0.2) is 4.57 Å². The van der Waals surface area contributed by atoms with Crippen molar-refractivity contribution in [2.75, 3.05) is 5.73 Å². The van der Waals surface area contributed by atoms with Crippen molar-refractivity contribution in [3.05, 3.63) is 22.2 Å². The summed E-state index contributed by atoms with van der Waals surface area (Å²) in [5.74, 6) is 0.433. The highest BCUT2D eigenvalue weighted by Crippen LogP contribution is 1.96. The van der Waals surface area contributed by atoms with Crippen LogP contribution in [-0.4, -0.2) is 4.98 Å². The number of anilines is 1. The first kappa shape index (κ1) is 6.80. The van der Waals surface area contributed by atoms with E-state index in [-0.39, 0.29) is 5.69 Å². The van der Waals surface area contributed by atoms with Gasteiger partial charge in [-0.2, -0.15) is 9.78 Å². The van der Waals surface area contributed by atoms with Crippen LogP contribution in [0.4, 0.5) is 5.82 Å². The van der Waals surface area contributed by atoms with Gasteiger partial charge in [0.1, 0.15) is 6.20 Å². The topological polar surface area (TPSA) is 62.8 Å². The zero-order chi connectivity index (χ0) is 7.72. The molecule has 0 unspecified atom stereocenters. The second kappa shape index (κ2) is 2.13. The average molecular weight is 140 g/mol. The van der Waals surface area contributed by atoms with Gasteiger partial charge in [0.05, 0.1) is 12.6 Å². The van der Waals surface area contributed by atoms with Crippen molar-refractivity contribution in [3.8, 4) is 0 Å². The highest BCUT2D eigenvalue weighted by Gasteiger charge is 2.03. The highest BCUT2D eigenvalue weighted by atomic mass is 16.1. The lowest BCUT2D eigenvalue weighted by molar-refractivity contribution is -0.689. The summed E-state index contributed by atoms with van der Waals surface area (Å²) in [5.41, 5.74) is 6.11. The summed E-state index contributed by atoms with van der Waals surface area (Å²) in [6.07, 6.45) is 1.69. The number of rotatable bonds is 0. The number of aromatic nitrogens is 2. The number of hydrogen-bond acceptors (Lipinski definition) is 2. The lowest BCUT2D eigenvalue weighted by Crippen LogP contribution is -2.48. The van der Waals surface area contributed by atoms with Crippen molar-refractivity contribution < 1.29 is 4.57 Å². The fourth-order valence-electron chi connectivity index (χ4n) is 0.721. The van der Waals surface area contributed by atoms with Gasteiger partial charge in [0, 0.05) is 0 Å². The van der Waals surface area contributed by atoms with Crippen LogP contribution in [0.25, 0.3) is 0 Å². The van der Waals surface area contributed by atoms with E-state index < -0.39 is 0 Å². The number of nitrogen functional groups attached to an aromatic ring is 1. The van der Waals surface area contributed by atoms with E-state index in [4.69, 9.17) is 5.73 Å². The number of aromatic amines is 1. The fourth-order valence-corrected chi connectivity index (χ4v) is 0.721. The minimum absolute atomic E-state index is 0.192. The number of aryl methyl sites for hydroxylation is 2. The van der Waals surface area contributed by atoms with Crippen LogP contribution in [0, 0.1) is 6.92 Å². The Morgan fingerprint density at radius 2 is 2.30 bits per heavy atom. The van der Waals surface area contributed by atoms with Gasteiger partial charge in [0.2, 0.25) is 0 Å². The minimum Gasteiger partial charge on any atom is -0.366 e. The molecule has 1 aromatic rings. The number of hydrogen-bond donors (Lipinski definition) is 2. The van der Waals surface area contributed by atoms with Gasteiger partial charge < -0.3 is 5.73 Å². The van der Waals surface area contributed by atoms with Gasteiger partial charge in [0.15, 0.2) is 5.82 Å². The second-order valence-corrected chi connectivity index (χ2v) is 2.27. The van der Waals surface area contributed by atoms with Crippen LogP contribution in [0.1, 0.15) is 5.56 Å². The number of nitrogens with one attached hydrogen (secondary N) is 1. The van der Waals surface area contributed by atoms with Crippen LogP contribution in [0.3, 0.4) is 0 Å². The summed E-state index contributed by atoms with van der Waals surface area (Å²) in [6, 6.07) is 0. The summed E-state index contributed by atoms with van der Waals surface area (Å²) in [4.78, 5) is 13.3. The molecule has 4 nitrogen and oxygen atoms in total. The lowest BCUT2D eigenvalue weighted by atomic mass is 10.3. The van der Waals surface area contributed by atoms with Crippen LogP contribution >= 0.6 is 0 Å². The van der Waals surface area contributed by atoms with Crippen LogP contribution in [0.2, 0.25) is 0 Å². The zero-order valence-corrected chi connectivity index (χ0v) is 6.01. The molecule has 0 fully saturated rings. The predicted octanol–water partition coefficient (Wildman–Crippen LogP) is -0.910. The summed E-state index contributed by atoms with van der Waals surface area (Å²) in [5, 5.41) is 0. The Bertz CT molecular complexity index is 302. The van der Waals surface area contributed by atoms with E-state index in [0.717, 1.165) is 5.56 Å². The molecule has 0 aliphatic carbocycles. The molecule has 1 heterocycles. The molecule has 0 saturated heterocycles. The third kappa shape index (κ3) is 1.00. The quantitative estimate of drug-likeness (QED) is 0.458. The Balaban J connectivity index is 3.43. The largest absolute Gasteiger partial charge is 0.497 e. The van der Waals surface area contributed by atoms with Gasteiger partial charge in [-0.3, -0.25) is 0 Å². The third-order valence-corrected chi connectivity index (χ3v) is 1.37. The molecular weight excluding hydrogens is 130 g/mol. The van der Waals surface area contributed by atoms with E-state index in [9.17, 15) is 4.79 Å². The molecule has 0 bridgehead atoms. The molecule has 0 amide bonds. The first-order valence-electron chi connectivity index (χ1n) is 2.96. The lowest BCUT2D eigenvalue weighted by Gasteiger charge is -1.92. The Kier molecular flexibility index (Phi) is 1.45. The van der Waals surface area contributed by atoms with E-state index in [1.165, 1.54) is 4.57 Å². The summed E-state index contributed by atoms with van der Waals surface area (Å²) < 4.78 is 1.45. The molecule has 10 heavy (non-hydrogen) atoms. The molecule has 0 saturated carbocycles. The first-order valence-corrected chi connectivity index (χ1v) is 2.96. The molecule has 54 valence electrons. The Morgan fingerprint density at radius 3 is 2.80 bits per heavy atom. The molecule has 0 radical (unpaired) electrons. The first-order chi connectivity index (χ1) is 4.61. The van der Waals surface area contributed by atoms with Gasteiger partial charge in [-0.15, -0.1) is 0 Å². The molecule has 0 atom stereocenters. The molecule has 1 rings (SSSR count). The van der Waals surface area contributed by atoms with Crippen LogP contribution < -0.4 is 16.0 Å². The van der Waals surface area contributed by atoms with Crippen molar-refractivity contribution in [1.29, 1.82) is 0 Å².